The first-order chi connectivity index (χ1) is 33.5. The van der Waals surface area contributed by atoms with E-state index in [4.69, 9.17) is 53.2 Å². The van der Waals surface area contributed by atoms with Crippen molar-refractivity contribution in [2.45, 2.75) is 178 Å². The van der Waals surface area contributed by atoms with Gasteiger partial charge in [0.15, 0.2) is 12.2 Å². The molecule has 0 aromatic heterocycles. The number of carbonyl (C=O) groups is 10. The van der Waals surface area contributed by atoms with Gasteiger partial charge in [0.25, 0.3) is 5.91 Å². The normalized spacial score (nSPS) is 17.4. The summed E-state index contributed by atoms with van der Waals surface area (Å²) in [6.07, 6.45) is -11.4. The molecule has 25 heteroatoms. The van der Waals surface area contributed by atoms with E-state index >= 15 is 0 Å². The molecule has 0 aromatic carbocycles. The maximum Gasteiger partial charge on any atom is 0.303 e. The fraction of sp³-hybridized carbons (Fsp3) is 0.787. The Morgan fingerprint density at radius 2 is 0.944 bits per heavy atom. The average Bonchev–Trinajstić information content (AvgIpc) is 3.28. The second-order valence-electron chi connectivity index (χ2n) is 17.9. The highest BCUT2D eigenvalue weighted by atomic mass is 16.7. The predicted octanol–water partition coefficient (Wildman–Crippen LogP) is 2.48. The van der Waals surface area contributed by atoms with Crippen LogP contribution in [0, 0.1) is 34.0 Å². The second kappa shape index (κ2) is 33.0. The van der Waals surface area contributed by atoms with Crippen LogP contribution in [0.5, 0.6) is 0 Å². The molecule has 0 spiro atoms. The number of esters is 9. The zero-order valence-electron chi connectivity index (χ0n) is 44.3. The van der Waals surface area contributed by atoms with Crippen LogP contribution in [0.15, 0.2) is 5.18 Å². The second-order valence-corrected chi connectivity index (χ2v) is 17.9. The molecule has 14 atom stereocenters. The smallest absolute Gasteiger partial charge is 0.303 e. The highest BCUT2D eigenvalue weighted by Gasteiger charge is 2.48. The number of nitrogens with zero attached hydrogens (tertiary/aromatic N) is 1. The van der Waals surface area contributed by atoms with E-state index in [1.54, 1.807) is 34.6 Å². The summed E-state index contributed by atoms with van der Waals surface area (Å²) in [6, 6.07) is -1.49. The van der Waals surface area contributed by atoms with Crippen LogP contribution in [-0.4, -0.2) is 147 Å². The van der Waals surface area contributed by atoms with E-state index in [-0.39, 0.29) is 25.5 Å². The molecule has 0 aliphatic carbocycles. The van der Waals surface area contributed by atoms with Crippen LogP contribution in [-0.2, 0) is 95.4 Å². The fourth-order valence-corrected chi connectivity index (χ4v) is 7.97. The summed E-state index contributed by atoms with van der Waals surface area (Å²) in [5.41, 5.74) is 7.65. The highest BCUT2D eigenvalue weighted by molar-refractivity contribution is 5.85. The summed E-state index contributed by atoms with van der Waals surface area (Å²) >= 11 is 0. The first-order valence-corrected chi connectivity index (χ1v) is 23.7. The molecule has 0 bridgehead atoms. The van der Waals surface area contributed by atoms with Crippen molar-refractivity contribution in [3.05, 3.63) is 4.91 Å². The number of ether oxygens (including phenoxy) is 9. The van der Waals surface area contributed by atoms with E-state index in [9.17, 15) is 52.9 Å². The number of nitrogens with two attached hydrogens (primary N) is 1. The molecule has 0 aromatic rings. The van der Waals surface area contributed by atoms with Gasteiger partial charge in [0.2, 0.25) is 6.10 Å². The summed E-state index contributed by atoms with van der Waals surface area (Å²) in [5.74, 6) is -11.0. The van der Waals surface area contributed by atoms with Gasteiger partial charge in [-0.1, -0.05) is 53.1 Å². The van der Waals surface area contributed by atoms with E-state index < -0.39 is 164 Å². The number of nitroso groups, excluding NO2 is 1. The number of nitrogens with one attached hydrogen (secondary N) is 2. The predicted molar refractivity (Wildman–Crippen MR) is 251 cm³/mol. The molecule has 0 heterocycles. The van der Waals surface area contributed by atoms with Gasteiger partial charge in [-0.2, -0.15) is 4.91 Å². The SMILES string of the molecule is CCC(C)C(OC(C)=O)C(C)C(OC(C)=O)C(CC(CN)(CNOCC(OC(C)=O)C(C)C(OC(C)=O)C(C)COC(C)=O)CNC(=O)C(OC(C)=O)C(OC(C)=O)C(OC(C)=O)C(CC)OC(C)=O)N=O. The average molecular weight is 1040 g/mol. The van der Waals surface area contributed by atoms with Crippen LogP contribution in [0.2, 0.25) is 0 Å². The lowest BCUT2D eigenvalue weighted by Crippen LogP contribution is -2.58. The van der Waals surface area contributed by atoms with E-state index in [1.165, 1.54) is 20.8 Å². The third-order valence-corrected chi connectivity index (χ3v) is 11.6. The van der Waals surface area contributed by atoms with E-state index in [0.29, 0.717) is 6.42 Å². The van der Waals surface area contributed by atoms with Crippen LogP contribution >= 0.6 is 0 Å². The molecule has 25 nitrogen and oxygen atoms in total. The minimum absolute atomic E-state index is 0.0438. The summed E-state index contributed by atoms with van der Waals surface area (Å²) in [5, 5.41) is 5.96. The lowest BCUT2D eigenvalue weighted by atomic mass is 9.76. The summed E-state index contributed by atoms with van der Waals surface area (Å²) in [6.45, 7) is 17.9. The molecule has 0 rings (SSSR count). The van der Waals surface area contributed by atoms with Crippen LogP contribution < -0.4 is 16.5 Å². The Hall–Kier alpha value is -5.82. The molecule has 4 N–H and O–H groups in total. The standard InChI is InChI=1S/C47H78N4O21/c1-16-24(3)40(67-31(10)55)27(6)42(69-33(12)57)37(51-62)18-47(21-48,23-50-64-20-39(66-30(9)54)26(5)41(68-32(11)56)25(4)19-63-28(7)52)22-49-46(61)45(72-36(15)60)44(71-35(14)59)43(70-34(13)58)38(17-2)65-29(8)53/h24-27,37-45,50H,16-23,48H2,1-15H3,(H,49,61). The molecule has 0 saturated heterocycles. The van der Waals surface area contributed by atoms with Crippen molar-refractivity contribution in [2.24, 2.45) is 40.0 Å². The molecule has 0 radical (unpaired) electrons. The van der Waals surface area contributed by atoms with Gasteiger partial charge in [-0.05, 0) is 18.8 Å². The zero-order valence-corrected chi connectivity index (χ0v) is 44.3. The molecule has 0 saturated carbocycles. The number of hydrogen-bond donors (Lipinski definition) is 3. The Balaban J connectivity index is 7.70. The van der Waals surface area contributed by atoms with Gasteiger partial charge in [0, 0.05) is 105 Å². The molecule has 0 aliphatic rings. The monoisotopic (exact) mass is 1030 g/mol. The Morgan fingerprint density at radius 1 is 0.500 bits per heavy atom. The third kappa shape index (κ3) is 24.1. The quantitative estimate of drug-likeness (QED) is 0.0274. The summed E-state index contributed by atoms with van der Waals surface area (Å²) < 4.78 is 49.4. The molecule has 72 heavy (non-hydrogen) atoms. The Bertz CT molecular complexity index is 1830. The molecule has 0 aliphatic heterocycles. The Kier molecular flexibility index (Phi) is 30.3. The van der Waals surface area contributed by atoms with E-state index in [2.05, 4.69) is 16.0 Å². The van der Waals surface area contributed by atoms with Crippen molar-refractivity contribution in [3.63, 3.8) is 0 Å². The molecule has 14 unspecified atom stereocenters. The molecular formula is C47H78N4O21. The fourth-order valence-electron chi connectivity index (χ4n) is 7.97. The maximum atomic E-state index is 14.5. The van der Waals surface area contributed by atoms with Crippen molar-refractivity contribution in [1.82, 2.24) is 10.8 Å². The van der Waals surface area contributed by atoms with Crippen LogP contribution in [0.4, 0.5) is 0 Å². The van der Waals surface area contributed by atoms with Crippen molar-refractivity contribution in [3.8, 4) is 0 Å². The summed E-state index contributed by atoms with van der Waals surface area (Å²) in [7, 11) is 0. The van der Waals surface area contributed by atoms with Gasteiger partial charge >= 0.3 is 53.7 Å². The van der Waals surface area contributed by atoms with Crippen molar-refractivity contribution < 1.29 is 95.4 Å². The van der Waals surface area contributed by atoms with Gasteiger partial charge in [0.1, 0.15) is 43.2 Å². The molecule has 1 amide bonds. The molecular weight excluding hydrogens is 957 g/mol. The Morgan fingerprint density at radius 3 is 1.38 bits per heavy atom. The first kappa shape index (κ1) is 66.2. The van der Waals surface area contributed by atoms with Crippen LogP contribution in [0.3, 0.4) is 0 Å². The van der Waals surface area contributed by atoms with Crippen LogP contribution in [0.1, 0.15) is 123 Å². The highest BCUT2D eigenvalue weighted by Crippen LogP contribution is 2.33. The lowest BCUT2D eigenvalue weighted by Gasteiger charge is -2.40. The van der Waals surface area contributed by atoms with Gasteiger partial charge < -0.3 is 53.7 Å². The van der Waals surface area contributed by atoms with Crippen LogP contribution in [0.25, 0.3) is 0 Å². The van der Waals surface area contributed by atoms with Gasteiger partial charge in [-0.15, -0.1) is 0 Å². The van der Waals surface area contributed by atoms with E-state index in [0.717, 1.165) is 41.5 Å². The largest absolute Gasteiger partial charge is 0.465 e. The number of hydrogen-bond acceptors (Lipinski definition) is 24. The first-order valence-electron chi connectivity index (χ1n) is 23.7. The summed E-state index contributed by atoms with van der Waals surface area (Å²) in [4.78, 5) is 144. The minimum Gasteiger partial charge on any atom is -0.465 e. The number of hydroxylamine groups is 1. The number of amides is 1. The van der Waals surface area contributed by atoms with Crippen molar-refractivity contribution in [2.75, 3.05) is 32.8 Å². The molecule has 0 fully saturated rings. The van der Waals surface area contributed by atoms with Crippen molar-refractivity contribution in [1.29, 1.82) is 0 Å². The Labute approximate surface area is 420 Å². The van der Waals surface area contributed by atoms with Gasteiger partial charge in [-0.25, -0.2) is 5.48 Å². The van der Waals surface area contributed by atoms with Gasteiger partial charge in [0.05, 0.1) is 6.61 Å². The zero-order chi connectivity index (χ0) is 55.6. The maximum absolute atomic E-state index is 14.5. The topological polar surface area (TPSA) is 343 Å². The van der Waals surface area contributed by atoms with Gasteiger partial charge in [-0.3, -0.25) is 52.8 Å². The van der Waals surface area contributed by atoms with Crippen molar-refractivity contribution >= 4 is 59.6 Å². The minimum atomic E-state index is -2.10. The third-order valence-electron chi connectivity index (χ3n) is 11.6. The lowest BCUT2D eigenvalue weighted by molar-refractivity contribution is -0.199. The number of rotatable bonds is 34. The molecule has 412 valence electrons. The van der Waals surface area contributed by atoms with E-state index in [1.807, 2.05) is 6.92 Å². The number of carbonyl (C=O) groups excluding carboxylic acids is 10.